The molecule has 0 aliphatic carbocycles. The van der Waals surface area contributed by atoms with Crippen molar-refractivity contribution in [2.45, 2.75) is 13.0 Å². The molecule has 0 bridgehead atoms. The molecule has 5 rings (SSSR count). The SMILES string of the molecule is C[C@H](Nc1nc(N)ncc1C#N)c1cc2cccc(-c3ccc(Cl)cc3)c2c(=O)n1-c1ccccc1. The zero-order valence-electron chi connectivity index (χ0n) is 19.3. The van der Waals surface area contributed by atoms with Gasteiger partial charge in [-0.15, -0.1) is 0 Å². The molecule has 2 aromatic heterocycles. The van der Waals surface area contributed by atoms with Crippen molar-refractivity contribution in [1.82, 2.24) is 14.5 Å². The zero-order valence-corrected chi connectivity index (χ0v) is 20.1. The van der Waals surface area contributed by atoms with Gasteiger partial charge in [-0.25, -0.2) is 4.98 Å². The fourth-order valence-electron chi connectivity index (χ4n) is 4.28. The van der Waals surface area contributed by atoms with Gasteiger partial charge in [0, 0.05) is 16.4 Å². The number of nitrogens with zero attached hydrogens (tertiary/aromatic N) is 4. The number of pyridine rings is 1. The summed E-state index contributed by atoms with van der Waals surface area (Å²) in [6.45, 7) is 1.91. The summed E-state index contributed by atoms with van der Waals surface area (Å²) in [6.07, 6.45) is 1.38. The average molecular weight is 493 g/mol. The van der Waals surface area contributed by atoms with Crippen LogP contribution in [-0.2, 0) is 0 Å². The molecule has 0 amide bonds. The third kappa shape index (κ3) is 4.26. The summed E-state index contributed by atoms with van der Waals surface area (Å²) >= 11 is 6.10. The lowest BCUT2D eigenvalue weighted by molar-refractivity contribution is 0.772. The fourth-order valence-corrected chi connectivity index (χ4v) is 4.41. The number of hydrogen-bond donors (Lipinski definition) is 2. The second kappa shape index (κ2) is 9.53. The molecule has 3 aromatic carbocycles. The normalized spacial score (nSPS) is 11.7. The van der Waals surface area contributed by atoms with Crippen LogP contribution in [-0.4, -0.2) is 14.5 Å². The van der Waals surface area contributed by atoms with Crippen LogP contribution < -0.4 is 16.6 Å². The first-order chi connectivity index (χ1) is 17.5. The number of rotatable bonds is 5. The lowest BCUT2D eigenvalue weighted by Gasteiger charge is -2.22. The number of nitriles is 1. The number of fused-ring (bicyclic) bond motifs is 1. The Bertz CT molecular complexity index is 1670. The van der Waals surface area contributed by atoms with Gasteiger partial charge in [-0.2, -0.15) is 10.2 Å². The van der Waals surface area contributed by atoms with Gasteiger partial charge >= 0.3 is 0 Å². The standard InChI is InChI=1S/C28H21ClN6O/c1-17(33-26-20(15-30)16-32-28(31)34-26)24-14-19-6-5-9-23(18-10-12-21(29)13-11-18)25(19)27(36)35(24)22-7-3-2-4-8-22/h2-14,16-17H,1H3,(H3,31,32,33,34)/t17-/m0/s1. The Labute approximate surface area is 212 Å². The highest BCUT2D eigenvalue weighted by Crippen LogP contribution is 2.31. The summed E-state index contributed by atoms with van der Waals surface area (Å²) in [6, 6.07) is 26.3. The Morgan fingerprint density at radius 3 is 2.53 bits per heavy atom. The van der Waals surface area contributed by atoms with Gasteiger partial charge in [-0.1, -0.05) is 60.1 Å². The molecule has 0 fully saturated rings. The van der Waals surface area contributed by atoms with Gasteiger partial charge in [-0.05, 0) is 53.8 Å². The van der Waals surface area contributed by atoms with Crippen LogP contribution in [0.25, 0.3) is 27.6 Å². The van der Waals surface area contributed by atoms with E-state index < -0.39 is 6.04 Å². The minimum atomic E-state index is -0.400. The molecule has 0 aliphatic rings. The Kier molecular flexibility index (Phi) is 6.11. The van der Waals surface area contributed by atoms with Crippen molar-refractivity contribution in [2.75, 3.05) is 11.1 Å². The van der Waals surface area contributed by atoms with Gasteiger partial charge in [0.1, 0.15) is 17.5 Å². The van der Waals surface area contributed by atoms with Crippen LogP contribution in [0.5, 0.6) is 0 Å². The van der Waals surface area contributed by atoms with Gasteiger partial charge in [0.15, 0.2) is 0 Å². The molecule has 0 unspecified atom stereocenters. The molecule has 1 atom stereocenters. The number of nitrogens with one attached hydrogen (secondary N) is 1. The molecular weight excluding hydrogens is 472 g/mol. The molecule has 7 nitrogen and oxygen atoms in total. The monoisotopic (exact) mass is 492 g/mol. The van der Waals surface area contributed by atoms with Crippen molar-refractivity contribution in [3.8, 4) is 22.9 Å². The van der Waals surface area contributed by atoms with E-state index in [0.717, 1.165) is 22.2 Å². The Morgan fingerprint density at radius 1 is 1.06 bits per heavy atom. The highest BCUT2D eigenvalue weighted by molar-refractivity contribution is 6.30. The summed E-state index contributed by atoms with van der Waals surface area (Å²) in [5.74, 6) is 0.356. The molecule has 0 saturated carbocycles. The van der Waals surface area contributed by atoms with Crippen LogP contribution in [0.15, 0.2) is 89.9 Å². The minimum Gasteiger partial charge on any atom is -0.368 e. The highest BCUT2D eigenvalue weighted by atomic mass is 35.5. The molecule has 3 N–H and O–H groups in total. The topological polar surface area (TPSA) is 110 Å². The maximum absolute atomic E-state index is 14.2. The number of halogens is 1. The largest absolute Gasteiger partial charge is 0.368 e. The lowest BCUT2D eigenvalue weighted by Crippen LogP contribution is -2.26. The molecule has 0 spiro atoms. The van der Waals surface area contributed by atoms with Crippen molar-refractivity contribution in [2.24, 2.45) is 0 Å². The first-order valence-corrected chi connectivity index (χ1v) is 11.6. The summed E-state index contributed by atoms with van der Waals surface area (Å²) in [7, 11) is 0. The number of aromatic nitrogens is 3. The molecular formula is C28H21ClN6O. The summed E-state index contributed by atoms with van der Waals surface area (Å²) in [5.41, 5.74) is 9.01. The second-order valence-electron chi connectivity index (χ2n) is 8.29. The van der Waals surface area contributed by atoms with Crippen LogP contribution in [0.4, 0.5) is 11.8 Å². The number of anilines is 2. The zero-order chi connectivity index (χ0) is 25.2. The fraction of sp³-hybridized carbons (Fsp3) is 0.0714. The van der Waals surface area contributed by atoms with Crippen LogP contribution >= 0.6 is 11.6 Å². The minimum absolute atomic E-state index is 0.0512. The van der Waals surface area contributed by atoms with E-state index in [4.69, 9.17) is 17.3 Å². The summed E-state index contributed by atoms with van der Waals surface area (Å²) < 4.78 is 1.69. The third-order valence-corrected chi connectivity index (χ3v) is 6.22. The third-order valence-electron chi connectivity index (χ3n) is 5.97. The van der Waals surface area contributed by atoms with Crippen molar-refractivity contribution in [3.63, 3.8) is 0 Å². The first-order valence-electron chi connectivity index (χ1n) is 11.3. The molecule has 0 aliphatic heterocycles. The van der Waals surface area contributed by atoms with E-state index in [2.05, 4.69) is 21.4 Å². The van der Waals surface area contributed by atoms with Crippen LogP contribution in [0.3, 0.4) is 0 Å². The average Bonchev–Trinajstić information content (AvgIpc) is 2.89. The summed E-state index contributed by atoms with van der Waals surface area (Å²) in [4.78, 5) is 22.2. The van der Waals surface area contributed by atoms with E-state index in [-0.39, 0.29) is 17.1 Å². The maximum atomic E-state index is 14.2. The molecule has 176 valence electrons. The lowest BCUT2D eigenvalue weighted by atomic mass is 9.98. The van der Waals surface area contributed by atoms with Crippen LogP contribution in [0.2, 0.25) is 5.02 Å². The van der Waals surface area contributed by atoms with Gasteiger partial charge in [0.05, 0.1) is 17.6 Å². The molecule has 8 heteroatoms. The van der Waals surface area contributed by atoms with Crippen molar-refractivity contribution < 1.29 is 0 Å². The quantitative estimate of drug-likeness (QED) is 0.324. The van der Waals surface area contributed by atoms with Gasteiger partial charge < -0.3 is 11.1 Å². The molecule has 2 heterocycles. The van der Waals surface area contributed by atoms with E-state index in [1.165, 1.54) is 6.20 Å². The maximum Gasteiger partial charge on any atom is 0.263 e. The van der Waals surface area contributed by atoms with Crippen molar-refractivity contribution in [3.05, 3.63) is 112 Å². The predicted octanol–water partition coefficient (Wildman–Crippen LogP) is 5.73. The number of para-hydroxylation sites is 1. The number of benzene rings is 3. The van der Waals surface area contributed by atoms with Crippen LogP contribution in [0.1, 0.15) is 24.2 Å². The van der Waals surface area contributed by atoms with Gasteiger partial charge in [-0.3, -0.25) is 9.36 Å². The number of nitrogens with two attached hydrogens (primary N) is 1. The van der Waals surface area contributed by atoms with Gasteiger partial charge in [0.25, 0.3) is 5.56 Å². The van der Waals surface area contributed by atoms with E-state index in [1.54, 1.807) is 4.57 Å². The van der Waals surface area contributed by atoms with Gasteiger partial charge in [0.2, 0.25) is 5.95 Å². The van der Waals surface area contributed by atoms with E-state index in [9.17, 15) is 10.1 Å². The molecule has 0 saturated heterocycles. The summed E-state index contributed by atoms with van der Waals surface area (Å²) in [5, 5.41) is 14.8. The highest BCUT2D eigenvalue weighted by Gasteiger charge is 2.20. The number of hydrogen-bond acceptors (Lipinski definition) is 6. The Morgan fingerprint density at radius 2 is 1.81 bits per heavy atom. The predicted molar refractivity (Wildman–Crippen MR) is 143 cm³/mol. The van der Waals surface area contributed by atoms with Crippen molar-refractivity contribution in [1.29, 1.82) is 5.26 Å². The Hall–Kier alpha value is -4.67. The molecule has 36 heavy (non-hydrogen) atoms. The Balaban J connectivity index is 1.74. The van der Waals surface area contributed by atoms with Crippen LogP contribution in [0, 0.1) is 11.3 Å². The van der Waals surface area contributed by atoms with E-state index in [0.29, 0.717) is 21.9 Å². The van der Waals surface area contributed by atoms with E-state index >= 15 is 0 Å². The van der Waals surface area contributed by atoms with E-state index in [1.807, 2.05) is 85.8 Å². The first kappa shape index (κ1) is 23.1. The molecule has 0 radical (unpaired) electrons. The number of nitrogen functional groups attached to an aromatic ring is 1. The second-order valence-corrected chi connectivity index (χ2v) is 8.73. The molecule has 5 aromatic rings. The van der Waals surface area contributed by atoms with Crippen molar-refractivity contribution >= 4 is 34.1 Å². The smallest absolute Gasteiger partial charge is 0.263 e.